The standard InChI is InChI=1S/C16H22N2O3S/c17-22(20,21)14-8-1-11(2-9-14)3-10-15(19)18-16(12-4-5-12)13-6-7-13/h1-2,8-9,12-13,16H,3-7,10H2,(H,18,19)(H2,17,20,21). The molecule has 0 aliphatic heterocycles. The predicted octanol–water partition coefficient (Wildman–Crippen LogP) is 1.57. The fraction of sp³-hybridized carbons (Fsp3) is 0.562. The second-order valence-electron chi connectivity index (χ2n) is 6.46. The van der Waals surface area contributed by atoms with Crippen molar-refractivity contribution in [3.05, 3.63) is 29.8 Å². The van der Waals surface area contributed by atoms with Gasteiger partial charge in [0.25, 0.3) is 0 Å². The Kier molecular flexibility index (Phi) is 4.23. The van der Waals surface area contributed by atoms with E-state index < -0.39 is 10.0 Å². The van der Waals surface area contributed by atoms with Crippen molar-refractivity contribution in [2.75, 3.05) is 0 Å². The fourth-order valence-corrected chi connectivity index (χ4v) is 3.41. The Balaban J connectivity index is 1.50. The number of benzene rings is 1. The fourth-order valence-electron chi connectivity index (χ4n) is 2.89. The highest BCUT2D eigenvalue weighted by Gasteiger charge is 2.42. The zero-order valence-electron chi connectivity index (χ0n) is 12.5. The van der Waals surface area contributed by atoms with Crippen molar-refractivity contribution < 1.29 is 13.2 Å². The summed E-state index contributed by atoms with van der Waals surface area (Å²) in [6.07, 6.45) is 6.03. The molecule has 3 N–H and O–H groups in total. The lowest BCUT2D eigenvalue weighted by Crippen LogP contribution is -2.38. The molecular weight excluding hydrogens is 300 g/mol. The first kappa shape index (κ1) is 15.5. The number of nitrogens with one attached hydrogen (secondary N) is 1. The van der Waals surface area contributed by atoms with Crippen LogP contribution in [0.25, 0.3) is 0 Å². The number of primary sulfonamides is 1. The first-order chi connectivity index (χ1) is 10.4. The third kappa shape index (κ3) is 4.08. The van der Waals surface area contributed by atoms with Gasteiger partial charge in [0.1, 0.15) is 0 Å². The average molecular weight is 322 g/mol. The van der Waals surface area contributed by atoms with Gasteiger partial charge in [0.05, 0.1) is 4.90 Å². The predicted molar refractivity (Wildman–Crippen MR) is 83.5 cm³/mol. The van der Waals surface area contributed by atoms with Gasteiger partial charge in [-0.3, -0.25) is 4.79 Å². The molecule has 2 saturated carbocycles. The maximum atomic E-state index is 12.1. The van der Waals surface area contributed by atoms with E-state index in [4.69, 9.17) is 5.14 Å². The minimum atomic E-state index is -3.65. The van der Waals surface area contributed by atoms with Crippen molar-refractivity contribution in [2.45, 2.75) is 49.5 Å². The molecule has 3 rings (SSSR count). The van der Waals surface area contributed by atoms with Crippen LogP contribution in [0.5, 0.6) is 0 Å². The number of sulfonamides is 1. The van der Waals surface area contributed by atoms with E-state index >= 15 is 0 Å². The molecule has 2 fully saturated rings. The molecule has 1 aromatic rings. The number of amides is 1. The van der Waals surface area contributed by atoms with Crippen LogP contribution < -0.4 is 10.5 Å². The van der Waals surface area contributed by atoms with E-state index in [1.165, 1.54) is 37.8 Å². The summed E-state index contributed by atoms with van der Waals surface area (Å²) in [5, 5.41) is 8.25. The Morgan fingerprint density at radius 1 is 1.14 bits per heavy atom. The molecule has 0 bridgehead atoms. The van der Waals surface area contributed by atoms with E-state index in [0.29, 0.717) is 30.7 Å². The SMILES string of the molecule is NS(=O)(=O)c1ccc(CCC(=O)NC(C2CC2)C2CC2)cc1. The van der Waals surface area contributed by atoms with Crippen molar-refractivity contribution in [1.82, 2.24) is 5.32 Å². The first-order valence-corrected chi connectivity index (χ1v) is 9.39. The number of hydrogen-bond donors (Lipinski definition) is 2. The van der Waals surface area contributed by atoms with Gasteiger partial charge in [-0.2, -0.15) is 0 Å². The highest BCUT2D eigenvalue weighted by atomic mass is 32.2. The maximum absolute atomic E-state index is 12.1. The summed E-state index contributed by atoms with van der Waals surface area (Å²) < 4.78 is 22.4. The van der Waals surface area contributed by atoms with Crippen LogP contribution in [0, 0.1) is 11.8 Å². The van der Waals surface area contributed by atoms with Crippen LogP contribution in [0.1, 0.15) is 37.7 Å². The number of carbonyl (C=O) groups is 1. The summed E-state index contributed by atoms with van der Waals surface area (Å²) in [5.41, 5.74) is 0.942. The molecule has 22 heavy (non-hydrogen) atoms. The molecule has 0 aromatic heterocycles. The number of nitrogens with two attached hydrogens (primary N) is 1. The number of hydrogen-bond acceptors (Lipinski definition) is 3. The van der Waals surface area contributed by atoms with Gasteiger partial charge >= 0.3 is 0 Å². The van der Waals surface area contributed by atoms with Gasteiger partial charge in [-0.15, -0.1) is 0 Å². The lowest BCUT2D eigenvalue weighted by Gasteiger charge is -2.17. The summed E-state index contributed by atoms with van der Waals surface area (Å²) in [5.74, 6) is 1.50. The molecule has 1 amide bonds. The maximum Gasteiger partial charge on any atom is 0.238 e. The van der Waals surface area contributed by atoms with Gasteiger partial charge in [0, 0.05) is 12.5 Å². The van der Waals surface area contributed by atoms with Crippen LogP contribution in [0.3, 0.4) is 0 Å². The Labute approximate surface area is 131 Å². The lowest BCUT2D eigenvalue weighted by molar-refractivity contribution is -0.122. The Bertz CT molecular complexity index is 634. The van der Waals surface area contributed by atoms with Crippen molar-refractivity contribution in [3.63, 3.8) is 0 Å². The Morgan fingerprint density at radius 3 is 2.14 bits per heavy atom. The molecule has 5 nitrogen and oxygen atoms in total. The topological polar surface area (TPSA) is 89.3 Å². The van der Waals surface area contributed by atoms with Gasteiger partial charge in [-0.05, 0) is 61.6 Å². The van der Waals surface area contributed by atoms with E-state index in [1.54, 1.807) is 12.1 Å². The Morgan fingerprint density at radius 2 is 1.68 bits per heavy atom. The molecule has 0 heterocycles. The third-order valence-corrected chi connectivity index (χ3v) is 5.41. The van der Waals surface area contributed by atoms with E-state index in [1.807, 2.05) is 0 Å². The summed E-state index contributed by atoms with van der Waals surface area (Å²) in [6, 6.07) is 6.79. The second kappa shape index (κ2) is 6.01. The molecule has 0 spiro atoms. The quantitative estimate of drug-likeness (QED) is 0.798. The van der Waals surface area contributed by atoms with Crippen LogP contribution in [-0.4, -0.2) is 20.4 Å². The van der Waals surface area contributed by atoms with Crippen molar-refractivity contribution >= 4 is 15.9 Å². The van der Waals surface area contributed by atoms with Crippen LogP contribution in [0.2, 0.25) is 0 Å². The molecule has 120 valence electrons. The zero-order valence-corrected chi connectivity index (χ0v) is 13.3. The Hall–Kier alpha value is -1.40. The van der Waals surface area contributed by atoms with Crippen LogP contribution in [0.15, 0.2) is 29.2 Å². The molecule has 0 atom stereocenters. The van der Waals surface area contributed by atoms with Crippen molar-refractivity contribution in [2.24, 2.45) is 17.0 Å². The lowest BCUT2D eigenvalue weighted by atomic mass is 10.1. The largest absolute Gasteiger partial charge is 0.353 e. The van der Waals surface area contributed by atoms with E-state index in [9.17, 15) is 13.2 Å². The molecule has 1 aromatic carbocycles. The van der Waals surface area contributed by atoms with Crippen LogP contribution >= 0.6 is 0 Å². The monoisotopic (exact) mass is 322 g/mol. The smallest absolute Gasteiger partial charge is 0.238 e. The first-order valence-electron chi connectivity index (χ1n) is 7.84. The van der Waals surface area contributed by atoms with E-state index in [0.717, 1.165) is 5.56 Å². The number of carbonyl (C=O) groups excluding carboxylic acids is 1. The molecule has 0 radical (unpaired) electrons. The molecule has 2 aliphatic carbocycles. The van der Waals surface area contributed by atoms with Gasteiger partial charge in [0.15, 0.2) is 0 Å². The minimum Gasteiger partial charge on any atom is -0.353 e. The van der Waals surface area contributed by atoms with E-state index in [2.05, 4.69) is 5.32 Å². The van der Waals surface area contributed by atoms with Gasteiger partial charge in [-0.1, -0.05) is 12.1 Å². The van der Waals surface area contributed by atoms with Crippen molar-refractivity contribution in [3.8, 4) is 0 Å². The normalized spacial score (nSPS) is 18.5. The van der Waals surface area contributed by atoms with Crippen molar-refractivity contribution in [1.29, 1.82) is 0 Å². The summed E-state index contributed by atoms with van der Waals surface area (Å²) >= 11 is 0. The van der Waals surface area contributed by atoms with Crippen LogP contribution in [0.4, 0.5) is 0 Å². The summed E-state index contributed by atoms with van der Waals surface area (Å²) in [6.45, 7) is 0. The van der Waals surface area contributed by atoms with Gasteiger partial charge in [-0.25, -0.2) is 13.6 Å². The van der Waals surface area contributed by atoms with E-state index in [-0.39, 0.29) is 10.8 Å². The summed E-state index contributed by atoms with van der Waals surface area (Å²) in [4.78, 5) is 12.2. The van der Waals surface area contributed by atoms with Gasteiger partial charge < -0.3 is 5.32 Å². The highest BCUT2D eigenvalue weighted by Crippen LogP contribution is 2.44. The number of rotatable bonds is 7. The van der Waals surface area contributed by atoms with Gasteiger partial charge in [0.2, 0.25) is 15.9 Å². The number of aryl methyl sites for hydroxylation is 1. The molecule has 0 saturated heterocycles. The minimum absolute atomic E-state index is 0.0966. The summed E-state index contributed by atoms with van der Waals surface area (Å²) in [7, 11) is -3.65. The highest BCUT2D eigenvalue weighted by molar-refractivity contribution is 7.89. The molecule has 0 unspecified atom stereocenters. The average Bonchev–Trinajstić information content (AvgIpc) is 3.36. The zero-order chi connectivity index (χ0) is 15.7. The molecular formula is C16H22N2O3S. The van der Waals surface area contributed by atoms with Crippen LogP contribution in [-0.2, 0) is 21.2 Å². The third-order valence-electron chi connectivity index (χ3n) is 4.48. The molecule has 6 heteroatoms. The molecule has 2 aliphatic rings. The second-order valence-corrected chi connectivity index (χ2v) is 8.02.